The minimum atomic E-state index is -0.414. The van der Waals surface area contributed by atoms with Crippen molar-refractivity contribution in [2.24, 2.45) is 0 Å². The Balaban J connectivity index is 1.15. The van der Waals surface area contributed by atoms with Gasteiger partial charge in [-0.1, -0.05) is 127 Å². The molecule has 240 valence electrons. The molecule has 51 heavy (non-hydrogen) atoms. The second kappa shape index (κ2) is 10.8. The Morgan fingerprint density at radius 1 is 0.569 bits per heavy atom. The summed E-state index contributed by atoms with van der Waals surface area (Å²) in [5.41, 5.74) is 17.2. The molecule has 0 fully saturated rings. The maximum atomic E-state index is 4.84. The van der Waals surface area contributed by atoms with Crippen molar-refractivity contribution in [3.8, 4) is 27.9 Å². The number of rotatable bonds is 4. The molecule has 2 aliphatic carbocycles. The van der Waals surface area contributed by atoms with Crippen LogP contribution >= 0.6 is 0 Å². The van der Waals surface area contributed by atoms with Gasteiger partial charge in [-0.15, -0.1) is 0 Å². The molecule has 0 spiro atoms. The van der Waals surface area contributed by atoms with E-state index in [2.05, 4.69) is 174 Å². The van der Waals surface area contributed by atoms with Crippen molar-refractivity contribution in [2.45, 2.75) is 18.3 Å². The van der Waals surface area contributed by atoms with Crippen molar-refractivity contribution in [3.63, 3.8) is 0 Å². The molecule has 0 radical (unpaired) electrons. The van der Waals surface area contributed by atoms with E-state index >= 15 is 0 Å². The van der Waals surface area contributed by atoms with Gasteiger partial charge in [0.25, 0.3) is 0 Å². The summed E-state index contributed by atoms with van der Waals surface area (Å²) in [7, 11) is 0. The van der Waals surface area contributed by atoms with Crippen LogP contribution in [0.1, 0.15) is 39.9 Å². The minimum absolute atomic E-state index is 0.414. The third-order valence-electron chi connectivity index (χ3n) is 11.3. The van der Waals surface area contributed by atoms with Gasteiger partial charge in [-0.05, 0) is 99.8 Å². The average molecular weight is 652 g/mol. The largest absolute Gasteiger partial charge is 0.310 e. The van der Waals surface area contributed by atoms with Crippen LogP contribution in [0.5, 0.6) is 0 Å². The van der Waals surface area contributed by atoms with Gasteiger partial charge in [-0.25, -0.2) is 4.52 Å². The third-order valence-corrected chi connectivity index (χ3v) is 11.3. The van der Waals surface area contributed by atoms with E-state index in [1.807, 2.05) is 10.7 Å². The highest BCUT2D eigenvalue weighted by Gasteiger charge is 2.46. The number of aromatic nitrogens is 3. The van der Waals surface area contributed by atoms with Crippen LogP contribution in [0.3, 0.4) is 0 Å². The number of hydrogen-bond acceptors (Lipinski definition) is 1. The van der Waals surface area contributed by atoms with Gasteiger partial charge >= 0.3 is 0 Å². The van der Waals surface area contributed by atoms with Crippen LogP contribution < -0.4 is 0 Å². The van der Waals surface area contributed by atoms with Crippen molar-refractivity contribution in [1.82, 2.24) is 14.2 Å². The third kappa shape index (κ3) is 3.92. The molecule has 11 rings (SSSR count). The first kappa shape index (κ1) is 28.4. The monoisotopic (exact) mass is 651 g/mol. The zero-order valence-electron chi connectivity index (χ0n) is 28.0. The molecular weight excluding hydrogens is 619 g/mol. The summed E-state index contributed by atoms with van der Waals surface area (Å²) in [6.07, 6.45) is 8.79. The predicted octanol–water partition coefficient (Wildman–Crippen LogP) is 11.4. The Hall–Kier alpha value is -6.45. The molecule has 0 unspecified atom stereocenters. The number of aryl methyl sites for hydroxylation is 1. The van der Waals surface area contributed by atoms with Gasteiger partial charge in [0, 0.05) is 33.9 Å². The maximum Gasteiger partial charge on any atom is 0.0934 e. The smallest absolute Gasteiger partial charge is 0.0934 e. The van der Waals surface area contributed by atoms with E-state index in [9.17, 15) is 0 Å². The summed E-state index contributed by atoms with van der Waals surface area (Å²) in [4.78, 5) is 0. The molecule has 3 heterocycles. The zero-order valence-corrected chi connectivity index (χ0v) is 28.0. The van der Waals surface area contributed by atoms with Gasteiger partial charge in [0.1, 0.15) is 0 Å². The Morgan fingerprint density at radius 2 is 1.27 bits per heavy atom. The van der Waals surface area contributed by atoms with Crippen molar-refractivity contribution in [3.05, 3.63) is 204 Å². The topological polar surface area (TPSA) is 22.2 Å². The summed E-state index contributed by atoms with van der Waals surface area (Å²) in [6.45, 7) is 0. The zero-order chi connectivity index (χ0) is 33.5. The molecule has 0 saturated heterocycles. The fraction of sp³-hybridized carbons (Fsp3) is 0.0625. The SMILES string of the molecule is C1=Cc2c(c3cc4c(cc3n2-c2ccc(-c3cccn5nc6ccccc6c35)cc2)-c2ccccc2C4(c2ccccc2)c2ccccc2)CC1. The average Bonchev–Trinajstić information content (AvgIpc) is 3.84. The Bertz CT molecular complexity index is 2800. The highest BCUT2D eigenvalue weighted by Crippen LogP contribution is 2.57. The van der Waals surface area contributed by atoms with E-state index in [0.717, 1.165) is 23.9 Å². The minimum Gasteiger partial charge on any atom is -0.310 e. The van der Waals surface area contributed by atoms with E-state index in [0.29, 0.717) is 0 Å². The second-order valence-electron chi connectivity index (χ2n) is 13.9. The molecule has 0 atom stereocenters. The fourth-order valence-corrected chi connectivity index (χ4v) is 9.19. The summed E-state index contributed by atoms with van der Waals surface area (Å²) in [6, 6.07) is 58.1. The van der Waals surface area contributed by atoms with Crippen LogP contribution in [0, 0.1) is 0 Å². The summed E-state index contributed by atoms with van der Waals surface area (Å²) >= 11 is 0. The normalized spacial score (nSPS) is 14.2. The molecule has 0 amide bonds. The number of benzene rings is 6. The summed E-state index contributed by atoms with van der Waals surface area (Å²) in [5, 5.41) is 7.35. The first-order chi connectivity index (χ1) is 25.3. The van der Waals surface area contributed by atoms with Crippen molar-refractivity contribution in [1.29, 1.82) is 0 Å². The van der Waals surface area contributed by atoms with Gasteiger partial charge < -0.3 is 4.57 Å². The van der Waals surface area contributed by atoms with E-state index in [4.69, 9.17) is 5.10 Å². The van der Waals surface area contributed by atoms with Crippen molar-refractivity contribution < 1.29 is 0 Å². The molecule has 3 aromatic heterocycles. The first-order valence-corrected chi connectivity index (χ1v) is 17.9. The lowest BCUT2D eigenvalue weighted by Gasteiger charge is -2.34. The molecule has 2 aliphatic rings. The lowest BCUT2D eigenvalue weighted by atomic mass is 9.67. The molecular formula is C48H33N3. The molecule has 0 bridgehead atoms. The molecule has 6 aromatic carbocycles. The first-order valence-electron chi connectivity index (χ1n) is 17.9. The number of fused-ring (bicyclic) bond motifs is 9. The standard InChI is InChI=1S/C48H33N3/c1-3-14-33(15-4-1)48(34-16-5-2-6-17-34)42-22-10-7-18-37(42)40-31-46-41(30-43(40)48)38-19-9-12-24-45(38)51(46)35-27-25-32(26-28-35)36-21-13-29-50-47(36)39-20-8-11-23-44(39)49-50/h1-8,10-18,20-31H,9,19H2. The molecule has 0 saturated carbocycles. The van der Waals surface area contributed by atoms with Crippen LogP contribution in [-0.4, -0.2) is 14.2 Å². The van der Waals surface area contributed by atoms with Gasteiger partial charge in [0.05, 0.1) is 22.0 Å². The van der Waals surface area contributed by atoms with Gasteiger partial charge in [0.2, 0.25) is 0 Å². The number of hydrogen-bond donors (Lipinski definition) is 0. The lowest BCUT2D eigenvalue weighted by molar-refractivity contribution is 0.769. The van der Waals surface area contributed by atoms with E-state index < -0.39 is 5.41 Å². The van der Waals surface area contributed by atoms with E-state index in [1.54, 1.807) is 0 Å². The molecule has 3 heteroatoms. The van der Waals surface area contributed by atoms with Crippen LogP contribution in [0.2, 0.25) is 0 Å². The number of allylic oxidation sites excluding steroid dienone is 1. The predicted molar refractivity (Wildman–Crippen MR) is 210 cm³/mol. The van der Waals surface area contributed by atoms with Gasteiger partial charge in [0.15, 0.2) is 0 Å². The van der Waals surface area contributed by atoms with Crippen molar-refractivity contribution in [2.75, 3.05) is 0 Å². The number of pyridine rings is 1. The highest BCUT2D eigenvalue weighted by atomic mass is 15.2. The van der Waals surface area contributed by atoms with Crippen molar-refractivity contribution >= 4 is 33.4 Å². The van der Waals surface area contributed by atoms with E-state index in [1.165, 1.54) is 77.7 Å². The van der Waals surface area contributed by atoms with Crippen LogP contribution in [0.4, 0.5) is 0 Å². The Kier molecular flexibility index (Phi) is 6.00. The quantitative estimate of drug-likeness (QED) is 0.186. The maximum absolute atomic E-state index is 4.84. The molecule has 3 nitrogen and oxygen atoms in total. The Morgan fingerprint density at radius 3 is 2.08 bits per heavy atom. The molecule has 0 aliphatic heterocycles. The summed E-state index contributed by atoms with van der Waals surface area (Å²) < 4.78 is 4.50. The number of nitrogens with zero attached hydrogens (tertiary/aromatic N) is 3. The van der Waals surface area contributed by atoms with E-state index in [-0.39, 0.29) is 0 Å². The highest BCUT2D eigenvalue weighted by molar-refractivity contribution is 6.02. The van der Waals surface area contributed by atoms with Crippen LogP contribution in [0.15, 0.2) is 170 Å². The Labute approximate surface area is 296 Å². The molecule has 9 aromatic rings. The van der Waals surface area contributed by atoms with Gasteiger partial charge in [-0.3, -0.25) is 0 Å². The van der Waals surface area contributed by atoms with Crippen LogP contribution in [0.25, 0.3) is 61.3 Å². The molecule has 0 N–H and O–H groups in total. The van der Waals surface area contributed by atoms with Crippen LogP contribution in [-0.2, 0) is 11.8 Å². The fourth-order valence-electron chi connectivity index (χ4n) is 9.19. The second-order valence-corrected chi connectivity index (χ2v) is 13.9. The summed E-state index contributed by atoms with van der Waals surface area (Å²) in [5.74, 6) is 0. The van der Waals surface area contributed by atoms with Gasteiger partial charge in [-0.2, -0.15) is 5.10 Å². The lowest BCUT2D eigenvalue weighted by Crippen LogP contribution is -2.28.